The zero-order valence-electron chi connectivity index (χ0n) is 10.7. The summed E-state index contributed by atoms with van der Waals surface area (Å²) in [5.74, 6) is 2.11. The fraction of sp³-hybridized carbons (Fsp3) is 0.467. The Morgan fingerprint density at radius 1 is 1.32 bits per heavy atom. The van der Waals surface area contributed by atoms with Gasteiger partial charge < -0.3 is 0 Å². The molecule has 2 bridgehead atoms. The number of carbonyl (C=O) groups is 1. The van der Waals surface area contributed by atoms with E-state index in [1.165, 1.54) is 25.7 Å². The molecule has 2 fully saturated rings. The third-order valence-corrected chi connectivity index (χ3v) is 5.03. The van der Waals surface area contributed by atoms with Gasteiger partial charge in [-0.15, -0.1) is 0 Å². The molecule has 3 atom stereocenters. The predicted octanol–water partition coefficient (Wildman–Crippen LogP) is 3.60. The van der Waals surface area contributed by atoms with Gasteiger partial charge in [-0.2, -0.15) is 5.10 Å². The summed E-state index contributed by atoms with van der Waals surface area (Å²) in [6, 6.07) is 7.37. The molecular formula is C15H17BrN2O. The minimum atomic E-state index is -0.160. The van der Waals surface area contributed by atoms with Crippen LogP contribution in [0.4, 0.5) is 0 Å². The van der Waals surface area contributed by atoms with Crippen molar-refractivity contribution < 1.29 is 4.79 Å². The van der Waals surface area contributed by atoms with Gasteiger partial charge in [0.25, 0.3) is 5.91 Å². The van der Waals surface area contributed by atoms with Gasteiger partial charge in [0.1, 0.15) is 0 Å². The monoisotopic (exact) mass is 320 g/mol. The number of nitrogens with one attached hydrogen (secondary N) is 1. The summed E-state index contributed by atoms with van der Waals surface area (Å²) in [7, 11) is 0. The fourth-order valence-corrected chi connectivity index (χ4v) is 3.84. The molecule has 0 aliphatic heterocycles. The maximum atomic E-state index is 11.9. The molecule has 2 saturated carbocycles. The Hall–Kier alpha value is -1.16. The molecule has 2 aliphatic rings. The third-order valence-electron chi connectivity index (χ3n) is 4.34. The first-order valence-corrected chi connectivity index (χ1v) is 7.61. The number of fused-ring (bicyclic) bond motifs is 2. The van der Waals surface area contributed by atoms with Crippen LogP contribution in [0.15, 0.2) is 33.8 Å². The third kappa shape index (κ3) is 2.73. The van der Waals surface area contributed by atoms with E-state index in [0.717, 1.165) is 16.3 Å². The Bertz CT molecular complexity index is 515. The van der Waals surface area contributed by atoms with E-state index in [-0.39, 0.29) is 5.91 Å². The lowest BCUT2D eigenvalue weighted by atomic mass is 9.90. The second-order valence-corrected chi connectivity index (χ2v) is 6.39. The van der Waals surface area contributed by atoms with Gasteiger partial charge in [0, 0.05) is 10.7 Å². The van der Waals surface area contributed by atoms with Gasteiger partial charge in [-0.25, -0.2) is 5.43 Å². The molecule has 2 aliphatic carbocycles. The lowest BCUT2D eigenvalue weighted by Crippen LogP contribution is -2.20. The maximum Gasteiger partial charge on any atom is 0.272 e. The lowest BCUT2D eigenvalue weighted by molar-refractivity contribution is 0.0954. The molecule has 0 unspecified atom stereocenters. The van der Waals surface area contributed by atoms with Gasteiger partial charge in [0.2, 0.25) is 0 Å². The minimum absolute atomic E-state index is 0.160. The summed E-state index contributed by atoms with van der Waals surface area (Å²) in [6.45, 7) is 0. The van der Waals surface area contributed by atoms with Crippen molar-refractivity contribution in [3.63, 3.8) is 0 Å². The van der Waals surface area contributed by atoms with Crippen LogP contribution in [0.25, 0.3) is 0 Å². The van der Waals surface area contributed by atoms with Crippen molar-refractivity contribution in [1.29, 1.82) is 0 Å². The highest BCUT2D eigenvalue weighted by molar-refractivity contribution is 9.10. The molecule has 0 spiro atoms. The van der Waals surface area contributed by atoms with Crippen LogP contribution in [0.5, 0.6) is 0 Å². The number of hydrazone groups is 1. The number of nitrogens with zero attached hydrogens (tertiary/aromatic N) is 1. The summed E-state index contributed by atoms with van der Waals surface area (Å²) in [5, 5.41) is 4.14. The van der Waals surface area contributed by atoms with Gasteiger partial charge >= 0.3 is 0 Å². The highest BCUT2D eigenvalue weighted by Gasteiger charge is 2.38. The van der Waals surface area contributed by atoms with Crippen LogP contribution in [0.2, 0.25) is 0 Å². The van der Waals surface area contributed by atoms with Crippen LogP contribution in [0.3, 0.4) is 0 Å². The van der Waals surface area contributed by atoms with Crippen LogP contribution >= 0.6 is 15.9 Å². The van der Waals surface area contributed by atoms with Crippen LogP contribution in [0.1, 0.15) is 36.0 Å². The molecule has 0 saturated heterocycles. The van der Waals surface area contributed by atoms with Crippen LogP contribution < -0.4 is 5.43 Å². The van der Waals surface area contributed by atoms with E-state index in [9.17, 15) is 4.79 Å². The number of carbonyl (C=O) groups excluding carboxylic acids is 1. The molecule has 0 aromatic heterocycles. The van der Waals surface area contributed by atoms with E-state index >= 15 is 0 Å². The molecule has 4 heteroatoms. The summed E-state index contributed by atoms with van der Waals surface area (Å²) in [5.41, 5.74) is 3.24. The predicted molar refractivity (Wildman–Crippen MR) is 79.0 cm³/mol. The van der Waals surface area contributed by atoms with Crippen molar-refractivity contribution in [1.82, 2.24) is 5.43 Å². The Labute approximate surface area is 121 Å². The summed E-state index contributed by atoms with van der Waals surface area (Å²) >= 11 is 3.37. The Morgan fingerprint density at radius 2 is 2.16 bits per heavy atom. The van der Waals surface area contributed by atoms with Crippen molar-refractivity contribution in [2.75, 3.05) is 0 Å². The molecule has 0 radical (unpaired) electrons. The average molecular weight is 321 g/mol. The summed E-state index contributed by atoms with van der Waals surface area (Å²) in [4.78, 5) is 11.9. The number of hydrogen-bond acceptors (Lipinski definition) is 2. The number of benzene rings is 1. The van der Waals surface area contributed by atoms with Crippen LogP contribution in [-0.2, 0) is 0 Å². The van der Waals surface area contributed by atoms with Crippen LogP contribution in [0, 0.1) is 17.8 Å². The van der Waals surface area contributed by atoms with E-state index in [1.807, 2.05) is 24.4 Å². The summed E-state index contributed by atoms with van der Waals surface area (Å²) in [6.07, 6.45) is 7.27. The van der Waals surface area contributed by atoms with Crippen molar-refractivity contribution in [3.05, 3.63) is 34.3 Å². The first kappa shape index (κ1) is 12.9. The Balaban J connectivity index is 1.58. The molecule has 1 aromatic rings. The van der Waals surface area contributed by atoms with Gasteiger partial charge in [0.05, 0.1) is 5.56 Å². The Kier molecular flexibility index (Phi) is 3.69. The molecule has 3 nitrogen and oxygen atoms in total. The molecule has 100 valence electrons. The van der Waals surface area contributed by atoms with Crippen molar-refractivity contribution in [2.24, 2.45) is 22.9 Å². The highest BCUT2D eigenvalue weighted by atomic mass is 79.9. The molecular weight excluding hydrogens is 304 g/mol. The molecule has 19 heavy (non-hydrogen) atoms. The molecule has 1 aromatic carbocycles. The van der Waals surface area contributed by atoms with Gasteiger partial charge in [-0.1, -0.05) is 18.6 Å². The normalized spacial score (nSPS) is 29.0. The summed E-state index contributed by atoms with van der Waals surface area (Å²) < 4.78 is 0.794. The average Bonchev–Trinajstić information content (AvgIpc) is 3.01. The van der Waals surface area contributed by atoms with E-state index in [2.05, 4.69) is 26.5 Å². The van der Waals surface area contributed by atoms with Gasteiger partial charge in [-0.3, -0.25) is 4.79 Å². The standard InChI is InChI=1S/C15H17BrN2O/c16-14-4-2-1-3-13(14)15(19)18-17-9-12-8-10-5-6-11(12)7-10/h1-4,9-12H,5-8H2,(H,18,19)/b17-9-/t10-,11-,12-/m1/s1. The van der Waals surface area contributed by atoms with E-state index < -0.39 is 0 Å². The maximum absolute atomic E-state index is 11.9. The molecule has 3 rings (SSSR count). The number of hydrogen-bond donors (Lipinski definition) is 1. The largest absolute Gasteiger partial charge is 0.272 e. The van der Waals surface area contributed by atoms with Gasteiger partial charge in [0.15, 0.2) is 0 Å². The lowest BCUT2D eigenvalue weighted by Gasteiger charge is -2.16. The Morgan fingerprint density at radius 3 is 2.84 bits per heavy atom. The second kappa shape index (κ2) is 5.45. The second-order valence-electron chi connectivity index (χ2n) is 5.54. The fourth-order valence-electron chi connectivity index (χ4n) is 3.37. The number of halogens is 1. The van der Waals surface area contributed by atoms with E-state index in [4.69, 9.17) is 0 Å². The topological polar surface area (TPSA) is 41.5 Å². The van der Waals surface area contributed by atoms with Crippen molar-refractivity contribution >= 4 is 28.1 Å². The zero-order chi connectivity index (χ0) is 13.2. The van der Waals surface area contributed by atoms with Crippen molar-refractivity contribution in [3.8, 4) is 0 Å². The van der Waals surface area contributed by atoms with Gasteiger partial charge in [-0.05, 0) is 65.1 Å². The zero-order valence-corrected chi connectivity index (χ0v) is 12.3. The number of rotatable bonds is 3. The first-order valence-electron chi connectivity index (χ1n) is 6.82. The van der Waals surface area contributed by atoms with E-state index in [0.29, 0.717) is 11.5 Å². The van der Waals surface area contributed by atoms with Crippen molar-refractivity contribution in [2.45, 2.75) is 25.7 Å². The van der Waals surface area contributed by atoms with E-state index in [1.54, 1.807) is 6.07 Å². The molecule has 1 N–H and O–H groups in total. The first-order chi connectivity index (χ1) is 9.24. The molecule has 1 amide bonds. The quantitative estimate of drug-likeness (QED) is 0.671. The number of amides is 1. The highest BCUT2D eigenvalue weighted by Crippen LogP contribution is 2.47. The molecule has 0 heterocycles. The smallest absolute Gasteiger partial charge is 0.267 e. The minimum Gasteiger partial charge on any atom is -0.267 e. The van der Waals surface area contributed by atoms with Crippen LogP contribution in [-0.4, -0.2) is 12.1 Å². The SMILES string of the molecule is O=C(N/N=C\[C@H]1C[C@@H]2CC[C@@H]1C2)c1ccccc1Br.